The van der Waals surface area contributed by atoms with E-state index in [0.717, 1.165) is 10.5 Å². The monoisotopic (exact) mass is 404 g/mol. The van der Waals surface area contributed by atoms with Gasteiger partial charge in [-0.1, -0.05) is 25.1 Å². The number of nitrogens with one attached hydrogen (secondary N) is 1. The molecule has 1 N–H and O–H groups in total. The number of para-hydroxylation sites is 1. The lowest BCUT2D eigenvalue weighted by atomic mass is 10.1. The van der Waals surface area contributed by atoms with Crippen molar-refractivity contribution in [1.29, 1.82) is 0 Å². The average Bonchev–Trinajstić information content (AvgIpc) is 3.20. The first-order valence-electron chi connectivity index (χ1n) is 9.33. The van der Waals surface area contributed by atoms with Gasteiger partial charge in [0.05, 0.1) is 5.69 Å². The predicted molar refractivity (Wildman–Crippen MR) is 109 cm³/mol. The van der Waals surface area contributed by atoms with E-state index in [9.17, 15) is 18.8 Å². The average molecular weight is 404 g/mol. The maximum Gasteiger partial charge on any atom is 0.335 e. The van der Waals surface area contributed by atoms with Crippen LogP contribution in [0.15, 0.2) is 70.7 Å². The molecule has 0 unspecified atom stereocenters. The molecule has 2 heterocycles. The van der Waals surface area contributed by atoms with Crippen molar-refractivity contribution < 1.29 is 23.2 Å². The fourth-order valence-corrected chi connectivity index (χ4v) is 3.25. The molecule has 4 rings (SSSR count). The fourth-order valence-electron chi connectivity index (χ4n) is 3.25. The van der Waals surface area contributed by atoms with Gasteiger partial charge in [0.1, 0.15) is 22.9 Å². The van der Waals surface area contributed by atoms with Crippen molar-refractivity contribution in [1.82, 2.24) is 5.32 Å². The number of carbonyl (C=O) groups is 3. The lowest BCUT2D eigenvalue weighted by Crippen LogP contribution is -2.54. The normalized spacial score (nSPS) is 15.6. The van der Waals surface area contributed by atoms with Gasteiger partial charge >= 0.3 is 6.03 Å². The van der Waals surface area contributed by atoms with Crippen LogP contribution in [0.2, 0.25) is 0 Å². The number of urea groups is 1. The summed E-state index contributed by atoms with van der Waals surface area (Å²) in [5.41, 5.74) is 1.65. The molecule has 0 saturated carbocycles. The number of carbonyl (C=O) groups excluding carboxylic acids is 3. The van der Waals surface area contributed by atoms with Crippen molar-refractivity contribution in [2.75, 3.05) is 4.90 Å². The number of furan rings is 1. The first kappa shape index (κ1) is 19.3. The fraction of sp³-hybridized carbons (Fsp3) is 0.0870. The topological polar surface area (TPSA) is 79.6 Å². The van der Waals surface area contributed by atoms with Crippen LogP contribution in [-0.4, -0.2) is 17.8 Å². The molecular weight excluding hydrogens is 387 g/mol. The molecule has 1 aliphatic heterocycles. The van der Waals surface area contributed by atoms with Crippen LogP contribution >= 0.6 is 0 Å². The van der Waals surface area contributed by atoms with Crippen LogP contribution in [0.3, 0.4) is 0 Å². The molecule has 0 atom stereocenters. The summed E-state index contributed by atoms with van der Waals surface area (Å²) in [5, 5.41) is 2.20. The second kappa shape index (κ2) is 7.79. The van der Waals surface area contributed by atoms with Gasteiger partial charge < -0.3 is 4.42 Å². The molecule has 3 aromatic rings. The number of benzene rings is 2. The molecule has 7 heteroatoms. The molecule has 1 aliphatic rings. The van der Waals surface area contributed by atoms with Gasteiger partial charge in [0.2, 0.25) is 0 Å². The summed E-state index contributed by atoms with van der Waals surface area (Å²) >= 11 is 0. The minimum Gasteiger partial charge on any atom is -0.457 e. The minimum atomic E-state index is -0.797. The van der Waals surface area contributed by atoms with E-state index in [-0.39, 0.29) is 17.2 Å². The van der Waals surface area contributed by atoms with Crippen molar-refractivity contribution in [3.05, 3.63) is 83.4 Å². The SMILES string of the molecule is CCc1ccccc1N1C(=O)NC(=O)C(=Cc2ccc(-c3ccc(F)cc3)o2)C1=O. The van der Waals surface area contributed by atoms with E-state index in [1.54, 1.807) is 36.4 Å². The zero-order chi connectivity index (χ0) is 21.3. The summed E-state index contributed by atoms with van der Waals surface area (Å²) in [5.74, 6) is -1.19. The third-order valence-electron chi connectivity index (χ3n) is 4.76. The molecule has 30 heavy (non-hydrogen) atoms. The van der Waals surface area contributed by atoms with Gasteiger partial charge in [-0.2, -0.15) is 0 Å². The number of anilines is 1. The second-order valence-electron chi connectivity index (χ2n) is 6.65. The number of hydrogen-bond acceptors (Lipinski definition) is 4. The first-order valence-corrected chi connectivity index (χ1v) is 9.33. The van der Waals surface area contributed by atoms with Gasteiger partial charge in [-0.05, 0) is 60.5 Å². The molecule has 0 bridgehead atoms. The lowest BCUT2D eigenvalue weighted by molar-refractivity contribution is -0.122. The largest absolute Gasteiger partial charge is 0.457 e. The van der Waals surface area contributed by atoms with E-state index in [2.05, 4.69) is 5.32 Å². The molecule has 150 valence electrons. The maximum absolute atomic E-state index is 13.1. The third kappa shape index (κ3) is 3.53. The van der Waals surface area contributed by atoms with E-state index in [1.165, 1.54) is 18.2 Å². The number of hydrogen-bond donors (Lipinski definition) is 1. The van der Waals surface area contributed by atoms with Gasteiger partial charge in [0, 0.05) is 5.56 Å². The van der Waals surface area contributed by atoms with Crippen molar-refractivity contribution in [2.24, 2.45) is 0 Å². The highest BCUT2D eigenvalue weighted by Crippen LogP contribution is 2.27. The number of halogens is 1. The van der Waals surface area contributed by atoms with Crippen LogP contribution in [0.1, 0.15) is 18.2 Å². The number of barbiturate groups is 1. The van der Waals surface area contributed by atoms with Crippen molar-refractivity contribution in [2.45, 2.75) is 13.3 Å². The molecule has 1 saturated heterocycles. The lowest BCUT2D eigenvalue weighted by Gasteiger charge is -2.27. The van der Waals surface area contributed by atoms with E-state index in [4.69, 9.17) is 4.42 Å². The van der Waals surface area contributed by atoms with Crippen LogP contribution in [0.4, 0.5) is 14.9 Å². The number of amides is 4. The van der Waals surface area contributed by atoms with E-state index >= 15 is 0 Å². The Morgan fingerprint density at radius 3 is 2.47 bits per heavy atom. The third-order valence-corrected chi connectivity index (χ3v) is 4.76. The Bertz CT molecular complexity index is 1180. The Labute approximate surface area is 171 Å². The Morgan fingerprint density at radius 1 is 1.00 bits per heavy atom. The molecule has 6 nitrogen and oxygen atoms in total. The number of aryl methyl sites for hydroxylation is 1. The standard InChI is InChI=1S/C23H17FN2O4/c1-2-14-5-3-4-6-19(14)26-22(28)18(21(27)25-23(26)29)13-17-11-12-20(30-17)15-7-9-16(24)10-8-15/h3-13H,2H2,1H3,(H,25,27,29). The summed E-state index contributed by atoms with van der Waals surface area (Å²) in [6, 6.07) is 15.2. The highest BCUT2D eigenvalue weighted by molar-refractivity contribution is 6.39. The molecule has 0 spiro atoms. The minimum absolute atomic E-state index is 0.222. The molecule has 1 aromatic heterocycles. The molecule has 4 amide bonds. The predicted octanol–water partition coefficient (Wildman–Crippen LogP) is 4.31. The van der Waals surface area contributed by atoms with Crippen molar-refractivity contribution in [3.63, 3.8) is 0 Å². The Hall–Kier alpha value is -4.00. The maximum atomic E-state index is 13.1. The summed E-state index contributed by atoms with van der Waals surface area (Å²) in [6.07, 6.45) is 1.90. The molecule has 2 aromatic carbocycles. The zero-order valence-electron chi connectivity index (χ0n) is 16.0. The Morgan fingerprint density at radius 2 is 1.73 bits per heavy atom. The van der Waals surface area contributed by atoms with Crippen LogP contribution in [0.25, 0.3) is 17.4 Å². The quantitative estimate of drug-likeness (QED) is 0.519. The van der Waals surface area contributed by atoms with Gasteiger partial charge in [0.15, 0.2) is 0 Å². The van der Waals surface area contributed by atoms with Gasteiger partial charge in [0.25, 0.3) is 11.8 Å². The van der Waals surface area contributed by atoms with Crippen LogP contribution < -0.4 is 10.2 Å². The Balaban J connectivity index is 1.69. The highest BCUT2D eigenvalue weighted by atomic mass is 19.1. The van der Waals surface area contributed by atoms with Crippen molar-refractivity contribution in [3.8, 4) is 11.3 Å². The number of rotatable bonds is 4. The van der Waals surface area contributed by atoms with Crippen molar-refractivity contribution >= 4 is 29.6 Å². The smallest absolute Gasteiger partial charge is 0.335 e. The molecule has 1 fully saturated rings. The molecule has 0 radical (unpaired) electrons. The summed E-state index contributed by atoms with van der Waals surface area (Å²) < 4.78 is 18.8. The van der Waals surface area contributed by atoms with E-state index in [0.29, 0.717) is 23.4 Å². The van der Waals surface area contributed by atoms with Crippen LogP contribution in [0, 0.1) is 5.82 Å². The second-order valence-corrected chi connectivity index (χ2v) is 6.65. The van der Waals surface area contributed by atoms with Gasteiger partial charge in [-0.25, -0.2) is 14.1 Å². The van der Waals surface area contributed by atoms with Crippen LogP contribution in [-0.2, 0) is 16.0 Å². The summed E-state index contributed by atoms with van der Waals surface area (Å²) in [4.78, 5) is 38.7. The highest BCUT2D eigenvalue weighted by Gasteiger charge is 2.37. The number of imide groups is 2. The van der Waals surface area contributed by atoms with E-state index < -0.39 is 17.8 Å². The van der Waals surface area contributed by atoms with E-state index in [1.807, 2.05) is 19.1 Å². The number of nitrogens with zero attached hydrogens (tertiary/aromatic N) is 1. The first-order chi connectivity index (χ1) is 14.5. The van der Waals surface area contributed by atoms with Gasteiger partial charge in [-0.15, -0.1) is 0 Å². The molecular formula is C23H17FN2O4. The van der Waals surface area contributed by atoms with Crippen LogP contribution in [0.5, 0.6) is 0 Å². The molecule has 0 aliphatic carbocycles. The van der Waals surface area contributed by atoms with Gasteiger partial charge in [-0.3, -0.25) is 14.9 Å². The zero-order valence-corrected chi connectivity index (χ0v) is 16.0. The summed E-state index contributed by atoms with van der Waals surface area (Å²) in [7, 11) is 0. The Kier molecular flexibility index (Phi) is 5.02. The summed E-state index contributed by atoms with van der Waals surface area (Å²) in [6.45, 7) is 1.91.